The minimum absolute atomic E-state index is 0.0292. The van der Waals surface area contributed by atoms with Crippen molar-refractivity contribution in [2.45, 2.75) is 18.6 Å². The smallest absolute Gasteiger partial charge is 0.254 e. The van der Waals surface area contributed by atoms with Crippen LogP contribution >= 0.6 is 11.8 Å². The molecule has 0 saturated carbocycles. The molecule has 0 fully saturated rings. The number of carbonyl (C=O) groups excluding carboxylic acids is 1. The molecule has 5 heteroatoms. The average Bonchev–Trinajstić information content (AvgIpc) is 2.36. The van der Waals surface area contributed by atoms with Gasteiger partial charge in [0, 0.05) is 31.6 Å². The molecule has 0 radical (unpaired) electrons. The first-order valence-corrected chi connectivity index (χ1v) is 7.05. The van der Waals surface area contributed by atoms with Gasteiger partial charge in [0.1, 0.15) is 5.82 Å². The van der Waals surface area contributed by atoms with Gasteiger partial charge in [-0.3, -0.25) is 4.79 Å². The van der Waals surface area contributed by atoms with Gasteiger partial charge in [0.2, 0.25) is 0 Å². The summed E-state index contributed by atoms with van der Waals surface area (Å²) in [6, 6.07) is 3.64. The number of pyridine rings is 1. The lowest BCUT2D eigenvalue weighted by molar-refractivity contribution is 0.0827. The van der Waals surface area contributed by atoms with E-state index < -0.39 is 0 Å². The van der Waals surface area contributed by atoms with E-state index in [4.69, 9.17) is 0 Å². The maximum Gasteiger partial charge on any atom is 0.254 e. The average molecular weight is 267 g/mol. The number of carbonyl (C=O) groups is 1. The summed E-state index contributed by atoms with van der Waals surface area (Å²) < 4.78 is 0.166. The molecular formula is C13H21N3OS. The highest BCUT2D eigenvalue weighted by molar-refractivity contribution is 7.99. The molecule has 0 aliphatic carbocycles. The van der Waals surface area contributed by atoms with Crippen LogP contribution in [0.2, 0.25) is 0 Å². The van der Waals surface area contributed by atoms with E-state index in [-0.39, 0.29) is 10.7 Å². The Labute approximate surface area is 113 Å². The van der Waals surface area contributed by atoms with Crippen LogP contribution in [-0.2, 0) is 0 Å². The summed E-state index contributed by atoms with van der Waals surface area (Å²) in [7, 11) is 3.46. The van der Waals surface area contributed by atoms with Crippen LogP contribution in [0.15, 0.2) is 18.3 Å². The summed E-state index contributed by atoms with van der Waals surface area (Å²) in [5.41, 5.74) is 0.606. The topological polar surface area (TPSA) is 45.2 Å². The van der Waals surface area contributed by atoms with Gasteiger partial charge in [0.15, 0.2) is 0 Å². The first kappa shape index (κ1) is 14.8. The lowest BCUT2D eigenvalue weighted by Crippen LogP contribution is -2.26. The molecule has 0 spiro atoms. The van der Waals surface area contributed by atoms with E-state index in [9.17, 15) is 4.79 Å². The number of nitrogens with zero attached hydrogens (tertiary/aromatic N) is 2. The van der Waals surface area contributed by atoms with E-state index in [0.717, 1.165) is 12.4 Å². The number of aromatic nitrogens is 1. The van der Waals surface area contributed by atoms with E-state index >= 15 is 0 Å². The number of nitrogens with one attached hydrogen (secondary N) is 1. The first-order chi connectivity index (χ1) is 8.35. The summed E-state index contributed by atoms with van der Waals surface area (Å²) >= 11 is 1.81. The number of rotatable bonds is 5. The van der Waals surface area contributed by atoms with Crippen molar-refractivity contribution in [2.75, 3.05) is 32.2 Å². The van der Waals surface area contributed by atoms with Gasteiger partial charge in [-0.1, -0.05) is 0 Å². The Kier molecular flexibility index (Phi) is 5.02. The molecule has 0 aliphatic heterocycles. The maximum absolute atomic E-state index is 11.7. The number of thioether (sulfide) groups is 1. The number of hydrogen-bond donors (Lipinski definition) is 1. The van der Waals surface area contributed by atoms with E-state index in [1.165, 1.54) is 0 Å². The summed E-state index contributed by atoms with van der Waals surface area (Å²) in [4.78, 5) is 17.5. The third-order valence-corrected chi connectivity index (χ3v) is 3.91. The number of anilines is 1. The molecule has 1 heterocycles. The van der Waals surface area contributed by atoms with Gasteiger partial charge in [-0.15, -0.1) is 0 Å². The largest absolute Gasteiger partial charge is 0.369 e. The van der Waals surface area contributed by atoms with Crippen LogP contribution in [0.4, 0.5) is 5.82 Å². The molecule has 100 valence electrons. The van der Waals surface area contributed by atoms with Gasteiger partial charge in [0.25, 0.3) is 5.91 Å². The van der Waals surface area contributed by atoms with Crippen molar-refractivity contribution in [3.63, 3.8) is 0 Å². The third-order valence-electron chi connectivity index (χ3n) is 2.66. The van der Waals surface area contributed by atoms with E-state index in [0.29, 0.717) is 5.56 Å². The Balaban J connectivity index is 2.64. The lowest BCUT2D eigenvalue weighted by atomic mass is 10.2. The van der Waals surface area contributed by atoms with Gasteiger partial charge in [0.05, 0.1) is 5.56 Å². The van der Waals surface area contributed by atoms with Gasteiger partial charge < -0.3 is 10.2 Å². The number of amides is 1. The highest BCUT2D eigenvalue weighted by Crippen LogP contribution is 2.21. The first-order valence-electron chi connectivity index (χ1n) is 5.82. The molecule has 0 atom stereocenters. The van der Waals surface area contributed by atoms with Crippen molar-refractivity contribution in [2.24, 2.45) is 0 Å². The molecule has 0 unspecified atom stereocenters. The fraction of sp³-hybridized carbons (Fsp3) is 0.538. The van der Waals surface area contributed by atoms with E-state index in [2.05, 4.69) is 30.4 Å². The number of hydrogen-bond acceptors (Lipinski definition) is 4. The molecule has 0 bridgehead atoms. The molecule has 1 rings (SSSR count). The predicted octanol–water partition coefficient (Wildman–Crippen LogP) is 2.34. The quantitative estimate of drug-likeness (QED) is 0.889. The van der Waals surface area contributed by atoms with Crippen molar-refractivity contribution in [3.8, 4) is 0 Å². The predicted molar refractivity (Wildman–Crippen MR) is 78.3 cm³/mol. The standard InChI is InChI=1S/C13H21N3OS/c1-13(2,18-5)9-15-11-7-6-10(8-14-11)12(17)16(3)4/h6-8H,9H2,1-5H3,(H,14,15). The minimum atomic E-state index is -0.0292. The Hall–Kier alpha value is -1.23. The molecule has 4 nitrogen and oxygen atoms in total. The highest BCUT2D eigenvalue weighted by Gasteiger charge is 2.15. The van der Waals surface area contributed by atoms with Crippen molar-refractivity contribution in [1.29, 1.82) is 0 Å². The van der Waals surface area contributed by atoms with Gasteiger partial charge in [-0.25, -0.2) is 4.98 Å². The van der Waals surface area contributed by atoms with Gasteiger partial charge in [-0.2, -0.15) is 11.8 Å². The SMILES string of the molecule is CSC(C)(C)CNc1ccc(C(=O)N(C)C)cn1. The van der Waals surface area contributed by atoms with Crippen molar-refractivity contribution < 1.29 is 4.79 Å². The molecule has 1 aromatic heterocycles. The maximum atomic E-state index is 11.7. The monoisotopic (exact) mass is 267 g/mol. The Morgan fingerprint density at radius 3 is 2.56 bits per heavy atom. The second-order valence-corrected chi connectivity index (χ2v) is 6.46. The lowest BCUT2D eigenvalue weighted by Gasteiger charge is -2.22. The molecule has 0 aromatic carbocycles. The Bertz CT molecular complexity index is 401. The van der Waals surface area contributed by atoms with Crippen LogP contribution in [0, 0.1) is 0 Å². The zero-order valence-electron chi connectivity index (χ0n) is 11.7. The van der Waals surface area contributed by atoms with Crippen LogP contribution < -0.4 is 5.32 Å². The summed E-state index contributed by atoms with van der Waals surface area (Å²) in [5, 5.41) is 3.27. The van der Waals surface area contributed by atoms with Crippen molar-refractivity contribution in [1.82, 2.24) is 9.88 Å². The molecular weight excluding hydrogens is 246 g/mol. The summed E-state index contributed by atoms with van der Waals surface area (Å²) in [6.45, 7) is 5.19. The fourth-order valence-corrected chi connectivity index (χ4v) is 1.48. The molecule has 0 aliphatic rings. The summed E-state index contributed by atoms with van der Waals surface area (Å²) in [6.07, 6.45) is 3.70. The van der Waals surface area contributed by atoms with E-state index in [1.807, 2.05) is 17.8 Å². The van der Waals surface area contributed by atoms with Crippen LogP contribution in [0.5, 0.6) is 0 Å². The normalized spacial score (nSPS) is 11.2. The van der Waals surface area contributed by atoms with Crippen LogP contribution in [0.1, 0.15) is 24.2 Å². The molecule has 18 heavy (non-hydrogen) atoms. The summed E-state index contributed by atoms with van der Waals surface area (Å²) in [5.74, 6) is 0.769. The van der Waals surface area contributed by atoms with Crippen LogP contribution in [0.25, 0.3) is 0 Å². The molecule has 1 aromatic rings. The Morgan fingerprint density at radius 1 is 1.44 bits per heavy atom. The van der Waals surface area contributed by atoms with Gasteiger partial charge in [-0.05, 0) is 32.2 Å². The fourth-order valence-electron chi connectivity index (χ4n) is 1.26. The van der Waals surface area contributed by atoms with E-state index in [1.54, 1.807) is 31.3 Å². The highest BCUT2D eigenvalue weighted by atomic mass is 32.2. The second-order valence-electron chi connectivity index (χ2n) is 4.95. The molecule has 0 saturated heterocycles. The van der Waals surface area contributed by atoms with Gasteiger partial charge >= 0.3 is 0 Å². The van der Waals surface area contributed by atoms with Crippen molar-refractivity contribution >= 4 is 23.5 Å². The third kappa shape index (κ3) is 4.22. The Morgan fingerprint density at radius 2 is 2.11 bits per heavy atom. The molecule has 1 N–H and O–H groups in total. The van der Waals surface area contributed by atoms with Crippen molar-refractivity contribution in [3.05, 3.63) is 23.9 Å². The minimum Gasteiger partial charge on any atom is -0.369 e. The second kappa shape index (κ2) is 6.09. The van der Waals surface area contributed by atoms with Crippen LogP contribution in [0.3, 0.4) is 0 Å². The zero-order chi connectivity index (χ0) is 13.8. The zero-order valence-corrected chi connectivity index (χ0v) is 12.5. The van der Waals surface area contributed by atoms with Crippen LogP contribution in [-0.4, -0.2) is 47.4 Å². The molecule has 1 amide bonds.